The number of benzene rings is 1. The minimum Gasteiger partial charge on any atom is -0.466 e. The highest BCUT2D eigenvalue weighted by molar-refractivity contribution is 7.19. The summed E-state index contributed by atoms with van der Waals surface area (Å²) in [6.45, 7) is 2.20. The molecule has 0 spiro atoms. The molecule has 2 rings (SSSR count). The lowest BCUT2D eigenvalue weighted by Crippen LogP contribution is -2.05. The zero-order valence-electron chi connectivity index (χ0n) is 9.40. The lowest BCUT2D eigenvalue weighted by molar-refractivity contribution is -0.142. The average Bonchev–Trinajstić information content (AvgIpc) is 2.69. The van der Waals surface area contributed by atoms with E-state index in [-0.39, 0.29) is 5.97 Å². The van der Waals surface area contributed by atoms with Gasteiger partial charge >= 0.3 is 5.97 Å². The van der Waals surface area contributed by atoms with Gasteiger partial charge in [-0.2, -0.15) is 5.26 Å². The molecule has 2 aromatic rings. The van der Waals surface area contributed by atoms with E-state index in [1.807, 2.05) is 18.2 Å². The number of carbonyl (C=O) groups is 1. The molecular formula is C13H11NO2S. The average molecular weight is 245 g/mol. The van der Waals surface area contributed by atoms with E-state index in [0.717, 1.165) is 15.0 Å². The molecule has 0 aliphatic carbocycles. The van der Waals surface area contributed by atoms with Crippen molar-refractivity contribution in [3.63, 3.8) is 0 Å². The van der Waals surface area contributed by atoms with E-state index >= 15 is 0 Å². The maximum absolute atomic E-state index is 11.3. The quantitative estimate of drug-likeness (QED) is 0.781. The van der Waals surface area contributed by atoms with Crippen LogP contribution in [0.2, 0.25) is 0 Å². The Morgan fingerprint density at radius 1 is 1.47 bits per heavy atom. The maximum Gasteiger partial charge on any atom is 0.311 e. The van der Waals surface area contributed by atoms with E-state index in [1.165, 1.54) is 0 Å². The van der Waals surface area contributed by atoms with Crippen LogP contribution in [0.15, 0.2) is 24.3 Å². The Balaban J connectivity index is 2.26. The van der Waals surface area contributed by atoms with E-state index < -0.39 is 0 Å². The van der Waals surface area contributed by atoms with Crippen LogP contribution >= 0.6 is 11.3 Å². The van der Waals surface area contributed by atoms with Crippen LogP contribution in [0.5, 0.6) is 0 Å². The number of carbonyl (C=O) groups excluding carboxylic acids is 1. The molecular weight excluding hydrogens is 234 g/mol. The number of hydrogen-bond donors (Lipinski definition) is 0. The van der Waals surface area contributed by atoms with E-state index in [1.54, 1.807) is 24.3 Å². The normalized spacial score (nSPS) is 10.1. The van der Waals surface area contributed by atoms with Crippen LogP contribution in [0.25, 0.3) is 10.1 Å². The number of ether oxygens (including phenoxy) is 1. The van der Waals surface area contributed by atoms with Crippen LogP contribution in [0.1, 0.15) is 17.4 Å². The summed E-state index contributed by atoms with van der Waals surface area (Å²) in [6.07, 6.45) is 0.301. The largest absolute Gasteiger partial charge is 0.466 e. The second-order valence-electron chi connectivity index (χ2n) is 3.56. The Bertz CT molecular complexity index is 595. The van der Waals surface area contributed by atoms with Crippen molar-refractivity contribution in [3.05, 3.63) is 34.7 Å². The van der Waals surface area contributed by atoms with Gasteiger partial charge in [0, 0.05) is 9.58 Å². The van der Waals surface area contributed by atoms with Crippen molar-refractivity contribution in [2.24, 2.45) is 0 Å². The van der Waals surface area contributed by atoms with Gasteiger partial charge in [0.15, 0.2) is 0 Å². The smallest absolute Gasteiger partial charge is 0.311 e. The Morgan fingerprint density at radius 3 is 3.00 bits per heavy atom. The highest BCUT2D eigenvalue weighted by Gasteiger charge is 2.08. The summed E-state index contributed by atoms with van der Waals surface area (Å²) in [6, 6.07) is 9.57. The third-order valence-electron chi connectivity index (χ3n) is 2.32. The third kappa shape index (κ3) is 2.63. The SMILES string of the molecule is CCOC(=O)Cc1cc2cc(C#N)ccc2s1. The molecule has 0 saturated carbocycles. The molecule has 0 unspecified atom stereocenters. The first kappa shape index (κ1) is 11.6. The monoisotopic (exact) mass is 245 g/mol. The highest BCUT2D eigenvalue weighted by atomic mass is 32.1. The molecule has 1 aromatic heterocycles. The van der Waals surface area contributed by atoms with Crippen LogP contribution in [0, 0.1) is 11.3 Å². The molecule has 0 radical (unpaired) electrons. The molecule has 0 fully saturated rings. The fraction of sp³-hybridized carbons (Fsp3) is 0.231. The van der Waals surface area contributed by atoms with Crippen molar-refractivity contribution in [1.82, 2.24) is 0 Å². The number of hydrogen-bond acceptors (Lipinski definition) is 4. The third-order valence-corrected chi connectivity index (χ3v) is 3.44. The van der Waals surface area contributed by atoms with E-state index in [9.17, 15) is 4.79 Å². The molecule has 17 heavy (non-hydrogen) atoms. The number of nitrogens with zero attached hydrogens (tertiary/aromatic N) is 1. The van der Waals surface area contributed by atoms with Gasteiger partial charge in [-0.1, -0.05) is 0 Å². The lowest BCUT2D eigenvalue weighted by Gasteiger charge is -1.97. The van der Waals surface area contributed by atoms with E-state index in [4.69, 9.17) is 10.00 Å². The summed E-state index contributed by atoms with van der Waals surface area (Å²) in [4.78, 5) is 12.3. The summed E-state index contributed by atoms with van der Waals surface area (Å²) in [5.74, 6) is -0.209. The standard InChI is InChI=1S/C13H11NO2S/c1-2-16-13(15)7-11-6-10-5-9(8-14)3-4-12(10)17-11/h3-6H,2,7H2,1H3. The predicted octanol–water partition coefficient (Wildman–Crippen LogP) is 2.88. The molecule has 0 atom stereocenters. The molecule has 1 heterocycles. The molecule has 0 N–H and O–H groups in total. The second-order valence-corrected chi connectivity index (χ2v) is 4.73. The van der Waals surface area contributed by atoms with Gasteiger partial charge < -0.3 is 4.74 Å². The van der Waals surface area contributed by atoms with Gasteiger partial charge in [-0.25, -0.2) is 0 Å². The van der Waals surface area contributed by atoms with Gasteiger partial charge in [0.2, 0.25) is 0 Å². The number of nitriles is 1. The summed E-state index contributed by atoms with van der Waals surface area (Å²) in [5.41, 5.74) is 0.637. The fourth-order valence-electron chi connectivity index (χ4n) is 1.61. The first-order valence-corrected chi connectivity index (χ1v) is 6.12. The minimum absolute atomic E-state index is 0.209. The lowest BCUT2D eigenvalue weighted by atomic mass is 10.2. The van der Waals surface area contributed by atoms with Crippen molar-refractivity contribution in [2.45, 2.75) is 13.3 Å². The minimum atomic E-state index is -0.209. The molecule has 0 aliphatic rings. The maximum atomic E-state index is 11.3. The first-order valence-electron chi connectivity index (χ1n) is 5.31. The number of thiophene rings is 1. The summed E-state index contributed by atoms with van der Waals surface area (Å²) < 4.78 is 5.99. The zero-order valence-corrected chi connectivity index (χ0v) is 10.2. The Hall–Kier alpha value is -1.86. The molecule has 0 aliphatic heterocycles. The number of esters is 1. The summed E-state index contributed by atoms with van der Waals surface area (Å²) >= 11 is 1.56. The summed E-state index contributed by atoms with van der Waals surface area (Å²) in [5, 5.41) is 9.81. The van der Waals surface area contributed by atoms with Crippen molar-refractivity contribution in [3.8, 4) is 6.07 Å². The molecule has 0 saturated heterocycles. The van der Waals surface area contributed by atoms with Crippen LogP contribution in [-0.2, 0) is 16.0 Å². The molecule has 1 aromatic carbocycles. The van der Waals surface area contributed by atoms with Gasteiger partial charge in [0.1, 0.15) is 0 Å². The van der Waals surface area contributed by atoms with E-state index in [2.05, 4.69) is 6.07 Å². The summed E-state index contributed by atoms with van der Waals surface area (Å²) in [7, 11) is 0. The van der Waals surface area contributed by atoms with Gasteiger partial charge in [-0.15, -0.1) is 11.3 Å². The van der Waals surface area contributed by atoms with Crippen LogP contribution in [0.3, 0.4) is 0 Å². The topological polar surface area (TPSA) is 50.1 Å². The Labute approximate surface area is 103 Å². The predicted molar refractivity (Wildman–Crippen MR) is 66.9 cm³/mol. The van der Waals surface area contributed by atoms with Crippen molar-refractivity contribution in [1.29, 1.82) is 5.26 Å². The molecule has 4 heteroatoms. The van der Waals surface area contributed by atoms with Crippen LogP contribution in [0.4, 0.5) is 0 Å². The van der Waals surface area contributed by atoms with Gasteiger partial charge in [0.25, 0.3) is 0 Å². The van der Waals surface area contributed by atoms with Crippen LogP contribution < -0.4 is 0 Å². The second kappa shape index (κ2) is 4.98. The van der Waals surface area contributed by atoms with Gasteiger partial charge in [0.05, 0.1) is 24.7 Å². The van der Waals surface area contributed by atoms with Gasteiger partial charge in [-0.05, 0) is 36.6 Å². The van der Waals surface area contributed by atoms with Gasteiger partial charge in [-0.3, -0.25) is 4.79 Å². The fourth-order valence-corrected chi connectivity index (χ4v) is 2.64. The van der Waals surface area contributed by atoms with Crippen molar-refractivity contribution in [2.75, 3.05) is 6.61 Å². The van der Waals surface area contributed by atoms with E-state index in [0.29, 0.717) is 18.6 Å². The molecule has 0 amide bonds. The Kier molecular flexibility index (Phi) is 3.40. The molecule has 86 valence electrons. The first-order chi connectivity index (χ1) is 8.22. The Morgan fingerprint density at radius 2 is 2.29 bits per heavy atom. The van der Waals surface area contributed by atoms with Crippen molar-refractivity contribution >= 4 is 27.4 Å². The zero-order chi connectivity index (χ0) is 12.3. The molecule has 0 bridgehead atoms. The molecule has 3 nitrogen and oxygen atoms in total. The number of fused-ring (bicyclic) bond motifs is 1. The van der Waals surface area contributed by atoms with Crippen LogP contribution in [-0.4, -0.2) is 12.6 Å². The highest BCUT2D eigenvalue weighted by Crippen LogP contribution is 2.26. The van der Waals surface area contributed by atoms with Crippen molar-refractivity contribution < 1.29 is 9.53 Å². The number of rotatable bonds is 3.